The molecule has 0 bridgehead atoms. The van der Waals surface area contributed by atoms with E-state index in [0.717, 1.165) is 6.42 Å². The van der Waals surface area contributed by atoms with Crippen LogP contribution in [0.1, 0.15) is 19.8 Å². The number of nitrogens with zero attached hydrogens (tertiary/aromatic N) is 6. The largest absolute Gasteiger partial charge is 0.480 e. The van der Waals surface area contributed by atoms with Crippen molar-refractivity contribution in [2.24, 2.45) is 5.92 Å². The van der Waals surface area contributed by atoms with Crippen molar-refractivity contribution in [3.05, 3.63) is 18.6 Å². The number of nitrogens with one attached hydrogen (secondary N) is 2. The maximum Gasteiger partial charge on any atom is 0.327 e. The lowest BCUT2D eigenvalue weighted by Crippen LogP contribution is -2.52. The second-order valence-corrected chi connectivity index (χ2v) is 8.07. The normalized spacial score (nSPS) is 17.6. The fourth-order valence-corrected chi connectivity index (χ4v) is 3.98. The van der Waals surface area contributed by atoms with Crippen molar-refractivity contribution in [3.8, 4) is 6.07 Å². The smallest absolute Gasteiger partial charge is 0.327 e. The third-order valence-corrected chi connectivity index (χ3v) is 5.85. The molecule has 13 nitrogen and oxygen atoms in total. The Morgan fingerprint density at radius 3 is 2.74 bits per heavy atom. The van der Waals surface area contributed by atoms with E-state index in [-0.39, 0.29) is 24.3 Å². The maximum atomic E-state index is 12.6. The lowest BCUT2D eigenvalue weighted by Gasteiger charge is -2.42. The number of hydrogen-bond donors (Lipinski definition) is 3. The fourth-order valence-electron chi connectivity index (χ4n) is 3.98. The molecule has 13 heteroatoms. The zero-order valence-corrected chi connectivity index (χ0v) is 18.9. The van der Waals surface area contributed by atoms with Crippen LogP contribution in [0.15, 0.2) is 18.6 Å². The number of carbonyl (C=O) groups excluding carboxylic acids is 3. The number of rotatable bonds is 7. The standard InChI is InChI=1S/C21H26N8O5/c1-13-4-7-28(17(31)3-6-22)11-15(13)27(2)19-14-5-8-29(20(14)26-12-25-19)21(34)24-9-16(30)23-10-18(32)33/h5,8,12-13,15H,3-4,7,9-11H2,1-2H3,(H,23,30)(H,24,34)(H,32,33)/t13-,15+/m1/s1. The van der Waals surface area contributed by atoms with E-state index in [1.165, 1.54) is 17.1 Å². The number of aliphatic carboxylic acids is 1. The first-order valence-corrected chi connectivity index (χ1v) is 10.7. The summed E-state index contributed by atoms with van der Waals surface area (Å²) in [6.07, 6.45) is 3.47. The third-order valence-electron chi connectivity index (χ3n) is 5.85. The van der Waals surface area contributed by atoms with Gasteiger partial charge in [-0.2, -0.15) is 5.26 Å². The number of carboxylic acids is 1. The first kappa shape index (κ1) is 24.4. The van der Waals surface area contributed by atoms with Crippen LogP contribution in [0.25, 0.3) is 11.0 Å². The number of carboxylic acid groups (broad SMARTS) is 1. The molecule has 3 rings (SSSR count). The van der Waals surface area contributed by atoms with Crippen molar-refractivity contribution in [2.45, 2.75) is 25.8 Å². The van der Waals surface area contributed by atoms with E-state index >= 15 is 0 Å². The molecule has 3 heterocycles. The monoisotopic (exact) mass is 470 g/mol. The molecule has 1 saturated heterocycles. The van der Waals surface area contributed by atoms with Gasteiger partial charge in [-0.05, 0) is 18.4 Å². The molecule has 0 saturated carbocycles. The summed E-state index contributed by atoms with van der Waals surface area (Å²) in [5, 5.41) is 22.7. The summed E-state index contributed by atoms with van der Waals surface area (Å²) >= 11 is 0. The molecule has 1 aliphatic heterocycles. The summed E-state index contributed by atoms with van der Waals surface area (Å²) in [7, 11) is 1.87. The molecule has 0 unspecified atom stereocenters. The van der Waals surface area contributed by atoms with Gasteiger partial charge >= 0.3 is 12.0 Å². The molecule has 2 aromatic heterocycles. The van der Waals surface area contributed by atoms with Crippen LogP contribution in [0, 0.1) is 17.2 Å². The van der Waals surface area contributed by atoms with Crippen molar-refractivity contribution in [1.29, 1.82) is 5.26 Å². The van der Waals surface area contributed by atoms with Gasteiger partial charge in [-0.3, -0.25) is 19.0 Å². The predicted molar refractivity (Wildman–Crippen MR) is 120 cm³/mol. The minimum atomic E-state index is -1.19. The van der Waals surface area contributed by atoms with Gasteiger partial charge < -0.3 is 25.5 Å². The SMILES string of the molecule is C[C@@H]1CCN(C(=O)CC#N)C[C@@H]1N(C)c1ncnc2c1ccn2C(=O)NCC(=O)NCC(=O)O. The number of anilines is 1. The van der Waals surface area contributed by atoms with Crippen LogP contribution in [0.2, 0.25) is 0 Å². The van der Waals surface area contributed by atoms with E-state index in [1.54, 1.807) is 11.0 Å². The molecule has 0 radical (unpaired) electrons. The van der Waals surface area contributed by atoms with Crippen LogP contribution in [0.3, 0.4) is 0 Å². The second-order valence-electron chi connectivity index (χ2n) is 8.07. The van der Waals surface area contributed by atoms with Crippen LogP contribution < -0.4 is 15.5 Å². The molecular formula is C21H26N8O5. The Hall–Kier alpha value is -4.21. The Balaban J connectivity index is 1.76. The molecule has 1 fully saturated rings. The molecule has 0 aliphatic carbocycles. The minimum Gasteiger partial charge on any atom is -0.480 e. The lowest BCUT2D eigenvalue weighted by molar-refractivity contribution is -0.137. The maximum absolute atomic E-state index is 12.6. The number of fused-ring (bicyclic) bond motifs is 1. The second kappa shape index (κ2) is 10.6. The van der Waals surface area contributed by atoms with Gasteiger partial charge in [0.2, 0.25) is 11.8 Å². The number of carbonyl (C=O) groups is 4. The van der Waals surface area contributed by atoms with Gasteiger partial charge in [0.1, 0.15) is 25.1 Å². The number of aromatic nitrogens is 3. The Labute approximate surface area is 195 Å². The molecule has 0 aromatic carbocycles. The Bertz CT molecular complexity index is 1140. The Kier molecular flexibility index (Phi) is 7.62. The molecule has 180 valence electrons. The third kappa shape index (κ3) is 5.40. The summed E-state index contributed by atoms with van der Waals surface area (Å²) < 4.78 is 1.24. The molecule has 0 spiro atoms. The summed E-state index contributed by atoms with van der Waals surface area (Å²) in [5.74, 6) is -1.17. The van der Waals surface area contributed by atoms with Gasteiger partial charge in [0.05, 0.1) is 24.0 Å². The minimum absolute atomic E-state index is 0.0513. The van der Waals surface area contributed by atoms with Gasteiger partial charge in [-0.1, -0.05) is 6.92 Å². The van der Waals surface area contributed by atoms with Crippen LogP contribution in [0.5, 0.6) is 0 Å². The van der Waals surface area contributed by atoms with Crippen molar-refractivity contribution < 1.29 is 24.3 Å². The van der Waals surface area contributed by atoms with Crippen molar-refractivity contribution in [3.63, 3.8) is 0 Å². The highest BCUT2D eigenvalue weighted by Gasteiger charge is 2.32. The molecular weight excluding hydrogens is 444 g/mol. The van der Waals surface area contributed by atoms with Crippen LogP contribution >= 0.6 is 0 Å². The van der Waals surface area contributed by atoms with Gasteiger partial charge in [0, 0.05) is 26.3 Å². The highest BCUT2D eigenvalue weighted by Crippen LogP contribution is 2.29. The summed E-state index contributed by atoms with van der Waals surface area (Å²) in [6, 6.07) is 2.94. The van der Waals surface area contributed by atoms with Crippen molar-refractivity contribution in [1.82, 2.24) is 30.1 Å². The summed E-state index contributed by atoms with van der Waals surface area (Å²) in [5.41, 5.74) is 0.334. The molecule has 3 amide bonds. The summed E-state index contributed by atoms with van der Waals surface area (Å²) in [4.78, 5) is 59.3. The number of hydrogen-bond acceptors (Lipinski definition) is 8. The Morgan fingerprint density at radius 2 is 2.03 bits per heavy atom. The first-order valence-electron chi connectivity index (χ1n) is 10.7. The highest BCUT2D eigenvalue weighted by molar-refractivity contribution is 5.96. The molecule has 2 atom stereocenters. The topological polar surface area (TPSA) is 174 Å². The van der Waals surface area contributed by atoms with E-state index < -0.39 is 31.0 Å². The molecule has 2 aromatic rings. The van der Waals surface area contributed by atoms with Gasteiger partial charge in [-0.15, -0.1) is 0 Å². The number of piperidine rings is 1. The van der Waals surface area contributed by atoms with Gasteiger partial charge in [0.15, 0.2) is 5.65 Å². The number of likely N-dealkylation sites (tertiary alicyclic amines) is 1. The lowest BCUT2D eigenvalue weighted by atomic mass is 9.92. The van der Waals surface area contributed by atoms with Crippen molar-refractivity contribution >= 4 is 40.7 Å². The van der Waals surface area contributed by atoms with E-state index in [4.69, 9.17) is 10.4 Å². The van der Waals surface area contributed by atoms with Crippen LogP contribution in [-0.4, -0.2) is 87.6 Å². The van der Waals surface area contributed by atoms with E-state index in [1.807, 2.05) is 18.0 Å². The van der Waals surface area contributed by atoms with Gasteiger partial charge in [0.25, 0.3) is 0 Å². The molecule has 1 aliphatic rings. The number of amides is 3. The van der Waals surface area contributed by atoms with Crippen LogP contribution in [-0.2, 0) is 14.4 Å². The number of likely N-dealkylation sites (N-methyl/N-ethyl adjacent to an activating group) is 1. The Morgan fingerprint density at radius 1 is 1.26 bits per heavy atom. The fraction of sp³-hybridized carbons (Fsp3) is 0.476. The van der Waals surface area contributed by atoms with Gasteiger partial charge in [-0.25, -0.2) is 14.8 Å². The average Bonchev–Trinajstić information content (AvgIpc) is 3.25. The zero-order valence-electron chi connectivity index (χ0n) is 18.9. The molecule has 3 N–H and O–H groups in total. The van der Waals surface area contributed by atoms with E-state index in [2.05, 4.69) is 27.5 Å². The zero-order chi connectivity index (χ0) is 24.8. The quantitative estimate of drug-likeness (QED) is 0.494. The predicted octanol–water partition coefficient (Wildman–Crippen LogP) is -0.223. The number of nitriles is 1. The first-order chi connectivity index (χ1) is 16.2. The molecule has 34 heavy (non-hydrogen) atoms. The van der Waals surface area contributed by atoms with E-state index in [9.17, 15) is 19.2 Å². The van der Waals surface area contributed by atoms with Crippen molar-refractivity contribution in [2.75, 3.05) is 38.1 Å². The summed E-state index contributed by atoms with van der Waals surface area (Å²) in [6.45, 7) is 2.22. The van der Waals surface area contributed by atoms with E-state index in [0.29, 0.717) is 29.9 Å². The average molecular weight is 470 g/mol. The highest BCUT2D eigenvalue weighted by atomic mass is 16.4. The van der Waals surface area contributed by atoms with Crippen LogP contribution in [0.4, 0.5) is 10.6 Å².